The van der Waals surface area contributed by atoms with Crippen LogP contribution in [0.5, 0.6) is 17.2 Å². The van der Waals surface area contributed by atoms with Crippen LogP contribution in [0, 0.1) is 5.41 Å². The molecule has 1 heterocycles. The zero-order chi connectivity index (χ0) is 18.2. The largest absolute Gasteiger partial charge is 0.493 e. The Bertz CT molecular complexity index is 761. The number of ether oxygens (including phenoxy) is 3. The van der Waals surface area contributed by atoms with E-state index in [0.29, 0.717) is 17.2 Å². The molecule has 1 aromatic carbocycles. The van der Waals surface area contributed by atoms with Crippen LogP contribution in [0.2, 0.25) is 0 Å². The average molecular weight is 341 g/mol. The summed E-state index contributed by atoms with van der Waals surface area (Å²) < 4.78 is 16.4. The quantitative estimate of drug-likeness (QED) is 0.842. The monoisotopic (exact) mass is 341 g/mol. The van der Waals surface area contributed by atoms with Gasteiger partial charge in [0.25, 0.3) is 0 Å². The van der Waals surface area contributed by atoms with Gasteiger partial charge in [0.05, 0.1) is 38.0 Å². The van der Waals surface area contributed by atoms with E-state index in [-0.39, 0.29) is 11.3 Å². The Labute approximate surface area is 148 Å². The number of rotatable bonds is 4. The van der Waals surface area contributed by atoms with Gasteiger partial charge in [-0.25, -0.2) is 0 Å². The Morgan fingerprint density at radius 1 is 0.960 bits per heavy atom. The molecule has 0 unspecified atom stereocenters. The Hall–Kier alpha value is -2.56. The normalized spacial score (nSPS) is 19.9. The average Bonchev–Trinajstić information content (AvgIpc) is 2.87. The number of nitrogens with zero attached hydrogens (tertiary/aromatic N) is 1. The van der Waals surface area contributed by atoms with E-state index in [2.05, 4.69) is 13.8 Å². The summed E-state index contributed by atoms with van der Waals surface area (Å²) in [4.78, 5) is 16.6. The second-order valence-corrected chi connectivity index (χ2v) is 6.97. The van der Waals surface area contributed by atoms with Crippen molar-refractivity contribution in [3.05, 3.63) is 42.0 Å². The molecule has 0 saturated carbocycles. The molecule has 2 aliphatic rings. The molecule has 3 rings (SSSR count). The third-order valence-corrected chi connectivity index (χ3v) is 4.61. The first kappa shape index (κ1) is 17.3. The molecule has 0 aromatic heterocycles. The lowest BCUT2D eigenvalue weighted by molar-refractivity contribution is -0.110. The third kappa shape index (κ3) is 2.95. The molecular weight excluding hydrogens is 318 g/mol. The van der Waals surface area contributed by atoms with Crippen LogP contribution in [0.15, 0.2) is 41.4 Å². The Morgan fingerprint density at radius 2 is 1.52 bits per heavy atom. The minimum absolute atomic E-state index is 0.000395. The third-order valence-electron chi connectivity index (χ3n) is 4.61. The fourth-order valence-electron chi connectivity index (χ4n) is 3.65. The summed E-state index contributed by atoms with van der Waals surface area (Å²) in [6.45, 7) is 4.19. The molecule has 0 radical (unpaired) electrons. The maximum absolute atomic E-state index is 11.6. The van der Waals surface area contributed by atoms with Gasteiger partial charge in [0, 0.05) is 5.56 Å². The topological polar surface area (TPSA) is 57.1 Å². The molecule has 5 nitrogen and oxygen atoms in total. The summed E-state index contributed by atoms with van der Waals surface area (Å²) in [7, 11) is 4.77. The highest BCUT2D eigenvalue weighted by atomic mass is 16.5. The second-order valence-electron chi connectivity index (χ2n) is 6.97. The maximum atomic E-state index is 11.6. The summed E-state index contributed by atoms with van der Waals surface area (Å²) in [5.74, 6) is 1.71. The minimum atomic E-state index is -0.401. The van der Waals surface area contributed by atoms with Gasteiger partial charge in [-0.1, -0.05) is 12.2 Å². The summed E-state index contributed by atoms with van der Waals surface area (Å²) >= 11 is 0. The van der Waals surface area contributed by atoms with Crippen molar-refractivity contribution in [1.82, 2.24) is 0 Å². The van der Waals surface area contributed by atoms with Crippen molar-refractivity contribution in [2.75, 3.05) is 21.3 Å². The van der Waals surface area contributed by atoms with Crippen molar-refractivity contribution in [2.45, 2.75) is 25.8 Å². The Morgan fingerprint density at radius 3 is 2.00 bits per heavy atom. The summed E-state index contributed by atoms with van der Waals surface area (Å²) in [5.41, 5.74) is 1.16. The van der Waals surface area contributed by atoms with Crippen LogP contribution in [0.25, 0.3) is 0 Å². The number of aliphatic imine (C=N–C) groups is 1. The van der Waals surface area contributed by atoms with E-state index in [4.69, 9.17) is 19.2 Å². The summed E-state index contributed by atoms with van der Waals surface area (Å²) in [5, 5.41) is 0. The van der Waals surface area contributed by atoms with Crippen molar-refractivity contribution in [2.24, 2.45) is 10.4 Å². The van der Waals surface area contributed by atoms with E-state index < -0.39 is 5.41 Å². The van der Waals surface area contributed by atoms with Crippen molar-refractivity contribution in [3.8, 4) is 17.2 Å². The number of carbonyl (C=O) groups excluding carboxylic acids is 1. The van der Waals surface area contributed by atoms with E-state index >= 15 is 0 Å². The molecule has 25 heavy (non-hydrogen) atoms. The van der Waals surface area contributed by atoms with E-state index in [1.807, 2.05) is 24.3 Å². The van der Waals surface area contributed by atoms with Crippen LogP contribution in [-0.4, -0.2) is 38.4 Å². The Kier molecular flexibility index (Phi) is 4.19. The molecule has 1 aliphatic carbocycles. The molecular formula is C20H23NO4. The lowest BCUT2D eigenvalue weighted by Crippen LogP contribution is -2.28. The first-order valence-corrected chi connectivity index (χ1v) is 8.17. The molecule has 0 fully saturated rings. The molecule has 1 aliphatic heterocycles. The van der Waals surface area contributed by atoms with Crippen LogP contribution in [0.4, 0.5) is 0 Å². The number of ketones is 1. The first-order valence-electron chi connectivity index (χ1n) is 8.17. The lowest BCUT2D eigenvalue weighted by atomic mass is 9.73. The smallest absolute Gasteiger partial charge is 0.203 e. The van der Waals surface area contributed by atoms with Gasteiger partial charge in [0.2, 0.25) is 5.75 Å². The van der Waals surface area contributed by atoms with Gasteiger partial charge in [-0.05, 0) is 44.6 Å². The van der Waals surface area contributed by atoms with Gasteiger partial charge < -0.3 is 14.2 Å². The fourth-order valence-corrected chi connectivity index (χ4v) is 3.65. The van der Waals surface area contributed by atoms with Gasteiger partial charge in [-0.2, -0.15) is 0 Å². The standard InChI is InChI=1S/C20H23NO4/c1-19(2)12-20(8-6-14(22)7-9-20)18(21-19)13-10-15(23-3)17(25-5)16(11-13)24-4/h6-11H,12H2,1-5H3. The van der Waals surface area contributed by atoms with Gasteiger partial charge >= 0.3 is 0 Å². The van der Waals surface area contributed by atoms with Gasteiger partial charge in [0.1, 0.15) is 0 Å². The number of carbonyl (C=O) groups is 1. The van der Waals surface area contributed by atoms with Crippen molar-refractivity contribution >= 4 is 11.5 Å². The van der Waals surface area contributed by atoms with Crippen molar-refractivity contribution in [1.29, 1.82) is 0 Å². The zero-order valence-corrected chi connectivity index (χ0v) is 15.3. The van der Waals surface area contributed by atoms with Crippen LogP contribution in [0.3, 0.4) is 0 Å². The van der Waals surface area contributed by atoms with Gasteiger partial charge in [0.15, 0.2) is 17.3 Å². The summed E-state index contributed by atoms with van der Waals surface area (Å²) in [6.07, 6.45) is 7.94. The number of hydrogen-bond donors (Lipinski definition) is 0. The molecule has 0 amide bonds. The molecule has 1 spiro atoms. The SMILES string of the molecule is COc1cc(C2=NC(C)(C)CC23C=CC(=O)C=C3)cc(OC)c1OC. The maximum Gasteiger partial charge on any atom is 0.203 e. The van der Waals surface area contributed by atoms with E-state index in [1.54, 1.807) is 33.5 Å². The number of benzene rings is 1. The minimum Gasteiger partial charge on any atom is -0.493 e. The second kappa shape index (κ2) is 6.06. The highest BCUT2D eigenvalue weighted by Gasteiger charge is 2.45. The highest BCUT2D eigenvalue weighted by Crippen LogP contribution is 2.47. The molecule has 0 N–H and O–H groups in total. The molecule has 1 aromatic rings. The van der Waals surface area contributed by atoms with E-state index in [9.17, 15) is 4.79 Å². The number of hydrogen-bond acceptors (Lipinski definition) is 5. The van der Waals surface area contributed by atoms with Crippen LogP contribution >= 0.6 is 0 Å². The van der Waals surface area contributed by atoms with E-state index in [1.165, 1.54) is 0 Å². The predicted molar refractivity (Wildman–Crippen MR) is 97.1 cm³/mol. The van der Waals surface area contributed by atoms with Crippen LogP contribution in [-0.2, 0) is 4.79 Å². The molecule has 132 valence electrons. The van der Waals surface area contributed by atoms with Crippen LogP contribution < -0.4 is 14.2 Å². The van der Waals surface area contributed by atoms with E-state index in [0.717, 1.165) is 17.7 Å². The van der Waals surface area contributed by atoms with Crippen molar-refractivity contribution in [3.63, 3.8) is 0 Å². The molecule has 0 bridgehead atoms. The van der Waals surface area contributed by atoms with Gasteiger partial charge in [-0.15, -0.1) is 0 Å². The molecule has 5 heteroatoms. The highest BCUT2D eigenvalue weighted by molar-refractivity contribution is 6.12. The van der Waals surface area contributed by atoms with Crippen LogP contribution in [0.1, 0.15) is 25.8 Å². The number of methoxy groups -OCH3 is 3. The summed E-state index contributed by atoms with van der Waals surface area (Å²) in [6, 6.07) is 3.81. The predicted octanol–water partition coefficient (Wildman–Crippen LogP) is 3.37. The first-order chi connectivity index (χ1) is 11.8. The zero-order valence-electron chi connectivity index (χ0n) is 15.3. The van der Waals surface area contributed by atoms with Crippen molar-refractivity contribution < 1.29 is 19.0 Å². The fraction of sp³-hybridized carbons (Fsp3) is 0.400. The lowest BCUT2D eigenvalue weighted by Gasteiger charge is -2.28. The molecule has 0 saturated heterocycles. The number of allylic oxidation sites excluding steroid dienone is 4. The Balaban J connectivity index is 2.18. The molecule has 0 atom stereocenters. The van der Waals surface area contributed by atoms with Gasteiger partial charge in [-0.3, -0.25) is 9.79 Å².